The lowest BCUT2D eigenvalue weighted by atomic mass is 10.1. The van der Waals surface area contributed by atoms with Crippen LogP contribution in [0.2, 0.25) is 0 Å². The Morgan fingerprint density at radius 1 is 1.47 bits per heavy atom. The number of hydrogen-bond donors (Lipinski definition) is 1. The SMILES string of the molecule is Cc1ccc2c(c1)SCC(C)N2C(=O)C(=O)O. The first-order valence-electron chi connectivity index (χ1n) is 5.30. The van der Waals surface area contributed by atoms with Crippen LogP contribution in [-0.4, -0.2) is 28.8 Å². The van der Waals surface area contributed by atoms with Crippen LogP contribution in [0.4, 0.5) is 5.69 Å². The smallest absolute Gasteiger partial charge is 0.394 e. The fourth-order valence-corrected chi connectivity index (χ4v) is 3.02. The average molecular weight is 251 g/mol. The lowest BCUT2D eigenvalue weighted by Gasteiger charge is -2.33. The Balaban J connectivity index is 2.47. The maximum Gasteiger partial charge on any atom is 0.394 e. The second kappa shape index (κ2) is 4.41. The third kappa shape index (κ3) is 2.15. The van der Waals surface area contributed by atoms with E-state index >= 15 is 0 Å². The number of nitrogens with zero attached hydrogens (tertiary/aromatic N) is 1. The number of rotatable bonds is 0. The third-order valence-electron chi connectivity index (χ3n) is 2.70. The first-order chi connectivity index (χ1) is 8.00. The van der Waals surface area contributed by atoms with Crippen LogP contribution < -0.4 is 4.90 Å². The lowest BCUT2D eigenvalue weighted by Crippen LogP contribution is -2.45. The summed E-state index contributed by atoms with van der Waals surface area (Å²) in [5, 5.41) is 8.83. The summed E-state index contributed by atoms with van der Waals surface area (Å²) in [6.07, 6.45) is 0. The molecule has 0 saturated heterocycles. The summed E-state index contributed by atoms with van der Waals surface area (Å²) in [7, 11) is 0. The van der Waals surface area contributed by atoms with E-state index in [4.69, 9.17) is 5.11 Å². The van der Waals surface area contributed by atoms with Gasteiger partial charge in [-0.1, -0.05) is 6.07 Å². The fourth-order valence-electron chi connectivity index (χ4n) is 1.87. The van der Waals surface area contributed by atoms with E-state index in [1.165, 1.54) is 4.90 Å². The molecule has 0 radical (unpaired) electrons. The van der Waals surface area contributed by atoms with Gasteiger partial charge in [-0.25, -0.2) is 4.79 Å². The minimum atomic E-state index is -1.41. The Bertz CT molecular complexity index is 487. The minimum absolute atomic E-state index is 0.0983. The van der Waals surface area contributed by atoms with Crippen LogP contribution in [0.3, 0.4) is 0 Å². The number of carboxylic acids is 1. The molecular weight excluding hydrogens is 238 g/mol. The summed E-state index contributed by atoms with van der Waals surface area (Å²) in [4.78, 5) is 24.8. The number of aryl methyl sites for hydroxylation is 1. The highest BCUT2D eigenvalue weighted by Gasteiger charge is 2.32. The first kappa shape index (κ1) is 12.0. The van der Waals surface area contributed by atoms with Gasteiger partial charge in [0.25, 0.3) is 0 Å². The van der Waals surface area contributed by atoms with E-state index in [9.17, 15) is 9.59 Å². The van der Waals surface area contributed by atoms with Crippen molar-refractivity contribution in [3.8, 4) is 0 Å². The number of fused-ring (bicyclic) bond motifs is 1. The second-order valence-electron chi connectivity index (χ2n) is 4.11. The van der Waals surface area contributed by atoms with Crippen molar-refractivity contribution in [3.05, 3.63) is 23.8 Å². The molecule has 1 heterocycles. The molecule has 1 aliphatic heterocycles. The van der Waals surface area contributed by atoms with Gasteiger partial charge in [-0.3, -0.25) is 9.69 Å². The molecule has 5 heteroatoms. The molecule has 1 amide bonds. The van der Waals surface area contributed by atoms with Gasteiger partial charge in [0.05, 0.1) is 5.69 Å². The summed E-state index contributed by atoms with van der Waals surface area (Å²) in [5.74, 6) is -1.55. The molecule has 4 nitrogen and oxygen atoms in total. The number of carboxylic acid groups (broad SMARTS) is 1. The summed E-state index contributed by atoms with van der Waals surface area (Å²) >= 11 is 1.66. The summed E-state index contributed by atoms with van der Waals surface area (Å²) < 4.78 is 0. The largest absolute Gasteiger partial charge is 0.474 e. The quantitative estimate of drug-likeness (QED) is 0.716. The Kier molecular flexibility index (Phi) is 3.11. The monoisotopic (exact) mass is 251 g/mol. The molecule has 1 N–H and O–H groups in total. The molecule has 1 aromatic rings. The van der Waals surface area contributed by atoms with Crippen LogP contribution >= 0.6 is 11.8 Å². The molecule has 1 unspecified atom stereocenters. The van der Waals surface area contributed by atoms with Gasteiger partial charge in [0.1, 0.15) is 0 Å². The fraction of sp³-hybridized carbons (Fsp3) is 0.333. The normalized spacial score (nSPS) is 18.7. The Morgan fingerprint density at radius 2 is 2.18 bits per heavy atom. The molecule has 1 aromatic carbocycles. The number of aliphatic carboxylic acids is 1. The topological polar surface area (TPSA) is 57.6 Å². The van der Waals surface area contributed by atoms with E-state index in [2.05, 4.69) is 0 Å². The van der Waals surface area contributed by atoms with Crippen LogP contribution in [0.25, 0.3) is 0 Å². The highest BCUT2D eigenvalue weighted by atomic mass is 32.2. The van der Waals surface area contributed by atoms with Gasteiger partial charge >= 0.3 is 11.9 Å². The maximum atomic E-state index is 11.7. The van der Waals surface area contributed by atoms with E-state index in [1.807, 2.05) is 32.0 Å². The van der Waals surface area contributed by atoms with Crippen LogP contribution in [0, 0.1) is 6.92 Å². The van der Waals surface area contributed by atoms with E-state index in [1.54, 1.807) is 11.8 Å². The van der Waals surface area contributed by atoms with E-state index < -0.39 is 11.9 Å². The number of carbonyl (C=O) groups excluding carboxylic acids is 1. The highest BCUT2D eigenvalue weighted by molar-refractivity contribution is 7.99. The van der Waals surface area contributed by atoms with E-state index in [0.29, 0.717) is 5.69 Å². The standard InChI is InChI=1S/C12H13NO3S/c1-7-3-4-9-10(5-7)17-6-8(2)13(9)11(14)12(15)16/h3-5,8H,6H2,1-2H3,(H,15,16). The number of benzene rings is 1. The third-order valence-corrected chi connectivity index (χ3v) is 3.98. The van der Waals surface area contributed by atoms with Crippen molar-refractivity contribution < 1.29 is 14.7 Å². The zero-order chi connectivity index (χ0) is 12.6. The lowest BCUT2D eigenvalue weighted by molar-refractivity contribution is -0.149. The molecule has 1 aliphatic rings. The van der Waals surface area contributed by atoms with Gasteiger partial charge in [-0.05, 0) is 31.5 Å². The van der Waals surface area contributed by atoms with Crippen molar-refractivity contribution in [2.75, 3.05) is 10.7 Å². The van der Waals surface area contributed by atoms with Crippen molar-refractivity contribution in [1.82, 2.24) is 0 Å². The van der Waals surface area contributed by atoms with Gasteiger partial charge in [0.2, 0.25) is 0 Å². The first-order valence-corrected chi connectivity index (χ1v) is 6.29. The number of anilines is 1. The summed E-state index contributed by atoms with van der Waals surface area (Å²) in [5.41, 5.74) is 1.81. The summed E-state index contributed by atoms with van der Waals surface area (Å²) in [6.45, 7) is 3.83. The molecule has 0 saturated carbocycles. The average Bonchev–Trinajstić information content (AvgIpc) is 2.28. The van der Waals surface area contributed by atoms with Crippen molar-refractivity contribution in [1.29, 1.82) is 0 Å². The predicted octanol–water partition coefficient (Wildman–Crippen LogP) is 1.91. The second-order valence-corrected chi connectivity index (χ2v) is 5.17. The minimum Gasteiger partial charge on any atom is -0.474 e. The maximum absolute atomic E-state index is 11.7. The van der Waals surface area contributed by atoms with Gasteiger partial charge in [0, 0.05) is 16.7 Å². The predicted molar refractivity (Wildman–Crippen MR) is 66.5 cm³/mol. The number of hydrogen-bond acceptors (Lipinski definition) is 3. The molecule has 0 bridgehead atoms. The molecule has 1 atom stereocenters. The molecule has 0 aromatic heterocycles. The highest BCUT2D eigenvalue weighted by Crippen LogP contribution is 2.37. The van der Waals surface area contributed by atoms with Gasteiger partial charge < -0.3 is 5.11 Å². The van der Waals surface area contributed by atoms with Crippen molar-refractivity contribution in [2.24, 2.45) is 0 Å². The Labute approximate surface area is 104 Å². The number of amides is 1. The molecule has 0 aliphatic carbocycles. The van der Waals surface area contributed by atoms with Crippen molar-refractivity contribution in [2.45, 2.75) is 24.8 Å². The van der Waals surface area contributed by atoms with Gasteiger partial charge in [-0.2, -0.15) is 0 Å². The summed E-state index contributed by atoms with van der Waals surface area (Å²) in [6, 6.07) is 5.58. The zero-order valence-electron chi connectivity index (χ0n) is 9.64. The van der Waals surface area contributed by atoms with E-state index in [-0.39, 0.29) is 6.04 Å². The van der Waals surface area contributed by atoms with Crippen LogP contribution in [-0.2, 0) is 9.59 Å². The van der Waals surface area contributed by atoms with E-state index in [0.717, 1.165) is 16.2 Å². The van der Waals surface area contributed by atoms with Crippen LogP contribution in [0.15, 0.2) is 23.1 Å². The number of thioether (sulfide) groups is 1. The van der Waals surface area contributed by atoms with Crippen molar-refractivity contribution in [3.63, 3.8) is 0 Å². The Morgan fingerprint density at radius 3 is 2.82 bits per heavy atom. The number of carbonyl (C=O) groups is 2. The van der Waals surface area contributed by atoms with Gasteiger partial charge in [0.15, 0.2) is 0 Å². The molecule has 0 spiro atoms. The molecule has 90 valence electrons. The molecule has 17 heavy (non-hydrogen) atoms. The molecular formula is C12H13NO3S. The Hall–Kier alpha value is -1.49. The van der Waals surface area contributed by atoms with Gasteiger partial charge in [-0.15, -0.1) is 11.8 Å². The van der Waals surface area contributed by atoms with Crippen LogP contribution in [0.1, 0.15) is 12.5 Å². The molecule has 2 rings (SSSR count). The van der Waals surface area contributed by atoms with Crippen molar-refractivity contribution >= 4 is 29.3 Å². The molecule has 0 fully saturated rings. The zero-order valence-corrected chi connectivity index (χ0v) is 10.5. The van der Waals surface area contributed by atoms with Crippen LogP contribution in [0.5, 0.6) is 0 Å².